The predicted molar refractivity (Wildman–Crippen MR) is 135 cm³/mol. The van der Waals surface area contributed by atoms with Gasteiger partial charge in [0.25, 0.3) is 5.91 Å². The Hall–Kier alpha value is -2.53. The van der Waals surface area contributed by atoms with Gasteiger partial charge >= 0.3 is 0 Å². The fourth-order valence-electron chi connectivity index (χ4n) is 5.04. The molecule has 0 aromatic heterocycles. The van der Waals surface area contributed by atoms with Gasteiger partial charge in [-0.1, -0.05) is 19.1 Å². The van der Waals surface area contributed by atoms with Crippen molar-refractivity contribution in [3.8, 4) is 5.75 Å². The monoisotopic (exact) mass is 449 g/mol. The highest BCUT2D eigenvalue weighted by Gasteiger charge is 2.23. The van der Waals surface area contributed by atoms with Crippen LogP contribution in [0.15, 0.2) is 42.5 Å². The van der Waals surface area contributed by atoms with Crippen LogP contribution < -0.4 is 9.64 Å². The summed E-state index contributed by atoms with van der Waals surface area (Å²) in [5.74, 6) is 1.92. The fourth-order valence-corrected chi connectivity index (χ4v) is 5.04. The van der Waals surface area contributed by atoms with Gasteiger partial charge in [0.1, 0.15) is 5.75 Å². The number of carbonyl (C=O) groups excluding carboxylic acids is 1. The third kappa shape index (κ3) is 6.08. The number of nitrogens with zero attached hydrogens (tertiary/aromatic N) is 3. The molecule has 4 rings (SSSR count). The number of piperidine rings is 1. The van der Waals surface area contributed by atoms with Crippen LogP contribution in [-0.2, 0) is 0 Å². The Balaban J connectivity index is 1.21. The molecule has 2 fully saturated rings. The number of aryl methyl sites for hydroxylation is 1. The van der Waals surface area contributed by atoms with Gasteiger partial charge in [-0.2, -0.15) is 0 Å². The molecule has 2 aromatic rings. The normalized spacial score (nSPS) is 19.5. The maximum Gasteiger partial charge on any atom is 0.254 e. The largest absolute Gasteiger partial charge is 0.494 e. The van der Waals surface area contributed by atoms with Crippen LogP contribution in [-0.4, -0.2) is 68.1 Å². The van der Waals surface area contributed by atoms with Crippen LogP contribution in [0.25, 0.3) is 0 Å². The molecule has 2 saturated heterocycles. The lowest BCUT2D eigenvalue weighted by molar-refractivity contribution is 0.0746. The maximum absolute atomic E-state index is 13.0. The van der Waals surface area contributed by atoms with Crippen molar-refractivity contribution in [2.75, 3.05) is 57.3 Å². The molecule has 5 nitrogen and oxygen atoms in total. The molecule has 2 aliphatic heterocycles. The number of anilines is 1. The van der Waals surface area contributed by atoms with Gasteiger partial charge in [-0.25, -0.2) is 0 Å². The van der Waals surface area contributed by atoms with Crippen molar-refractivity contribution in [3.63, 3.8) is 0 Å². The molecule has 0 bridgehead atoms. The molecule has 178 valence electrons. The first-order chi connectivity index (χ1) is 16.0. The Morgan fingerprint density at radius 1 is 1.00 bits per heavy atom. The van der Waals surface area contributed by atoms with Crippen molar-refractivity contribution in [3.05, 3.63) is 59.2 Å². The summed E-state index contributed by atoms with van der Waals surface area (Å²) in [6.07, 6.45) is 3.78. The lowest BCUT2D eigenvalue weighted by atomic mass is 10.0. The minimum absolute atomic E-state index is 0.151. The lowest BCUT2D eigenvalue weighted by Gasteiger charge is -2.36. The third-order valence-electron chi connectivity index (χ3n) is 7.23. The molecule has 0 saturated carbocycles. The van der Waals surface area contributed by atoms with Crippen molar-refractivity contribution >= 4 is 11.6 Å². The van der Waals surface area contributed by atoms with Gasteiger partial charge in [-0.3, -0.25) is 4.79 Å². The summed E-state index contributed by atoms with van der Waals surface area (Å²) in [5, 5.41) is 0. The SMILES string of the molecule is Cc1cccc(C(=O)N2CCN(c3ccc(OCCCN4CCCC(C)C4)cc3)CC2)c1C. The summed E-state index contributed by atoms with van der Waals surface area (Å²) >= 11 is 0. The number of benzene rings is 2. The van der Waals surface area contributed by atoms with E-state index >= 15 is 0 Å². The molecule has 2 heterocycles. The average molecular weight is 450 g/mol. The standard InChI is InChI=1S/C28H39N3O2/c1-22-7-5-14-29(21-22)15-6-20-33-26-12-10-25(11-13-26)30-16-18-31(19-17-30)28(32)27-9-4-8-23(2)24(27)3/h4,8-13,22H,5-7,14-21H2,1-3H3. The van der Waals surface area contributed by atoms with Crippen LogP contribution in [0.3, 0.4) is 0 Å². The quantitative estimate of drug-likeness (QED) is 0.571. The zero-order valence-corrected chi connectivity index (χ0v) is 20.6. The Kier molecular flexibility index (Phi) is 7.92. The summed E-state index contributed by atoms with van der Waals surface area (Å²) in [7, 11) is 0. The first-order valence-electron chi connectivity index (χ1n) is 12.6. The number of likely N-dealkylation sites (tertiary alicyclic amines) is 1. The van der Waals surface area contributed by atoms with Crippen molar-refractivity contribution < 1.29 is 9.53 Å². The average Bonchev–Trinajstić information content (AvgIpc) is 2.84. The number of amides is 1. The second-order valence-corrected chi connectivity index (χ2v) is 9.77. The summed E-state index contributed by atoms with van der Waals surface area (Å²) in [4.78, 5) is 19.9. The molecule has 0 N–H and O–H groups in total. The van der Waals surface area contributed by atoms with Crippen LogP contribution in [0.2, 0.25) is 0 Å². The Morgan fingerprint density at radius 2 is 1.76 bits per heavy atom. The van der Waals surface area contributed by atoms with E-state index in [0.717, 1.165) is 68.5 Å². The molecule has 2 aromatic carbocycles. The number of rotatable bonds is 7. The highest BCUT2D eigenvalue weighted by atomic mass is 16.5. The second kappa shape index (κ2) is 11.1. The second-order valence-electron chi connectivity index (χ2n) is 9.77. The van der Waals surface area contributed by atoms with E-state index < -0.39 is 0 Å². The summed E-state index contributed by atoms with van der Waals surface area (Å²) < 4.78 is 5.99. The summed E-state index contributed by atoms with van der Waals surface area (Å²) in [6.45, 7) is 14.0. The minimum Gasteiger partial charge on any atom is -0.494 e. The predicted octanol–water partition coefficient (Wildman–Crippen LogP) is 4.77. The molecule has 2 aliphatic rings. The number of hydrogen-bond donors (Lipinski definition) is 0. The number of hydrogen-bond acceptors (Lipinski definition) is 4. The van der Waals surface area contributed by atoms with E-state index in [2.05, 4.69) is 54.0 Å². The van der Waals surface area contributed by atoms with Crippen molar-refractivity contribution in [2.24, 2.45) is 5.92 Å². The highest BCUT2D eigenvalue weighted by Crippen LogP contribution is 2.22. The molecule has 0 spiro atoms. The van der Waals surface area contributed by atoms with E-state index in [4.69, 9.17) is 4.74 Å². The van der Waals surface area contributed by atoms with Crippen LogP contribution in [0.4, 0.5) is 5.69 Å². The van der Waals surface area contributed by atoms with Gasteiger partial charge in [0.15, 0.2) is 0 Å². The van der Waals surface area contributed by atoms with E-state index in [9.17, 15) is 4.79 Å². The van der Waals surface area contributed by atoms with Crippen LogP contribution in [0, 0.1) is 19.8 Å². The maximum atomic E-state index is 13.0. The molecule has 0 aliphatic carbocycles. The Bertz CT molecular complexity index is 919. The number of carbonyl (C=O) groups is 1. The summed E-state index contributed by atoms with van der Waals surface area (Å²) in [5.41, 5.74) is 4.29. The number of piperazine rings is 1. The fraction of sp³-hybridized carbons (Fsp3) is 0.536. The van der Waals surface area contributed by atoms with E-state index in [1.165, 1.54) is 37.2 Å². The lowest BCUT2D eigenvalue weighted by Crippen LogP contribution is -2.49. The van der Waals surface area contributed by atoms with E-state index in [1.807, 2.05) is 24.0 Å². The first-order valence-corrected chi connectivity index (χ1v) is 12.6. The molecular formula is C28H39N3O2. The van der Waals surface area contributed by atoms with Crippen molar-refractivity contribution in [2.45, 2.75) is 40.0 Å². The number of ether oxygens (including phenoxy) is 1. The zero-order valence-electron chi connectivity index (χ0n) is 20.6. The van der Waals surface area contributed by atoms with Crippen molar-refractivity contribution in [1.82, 2.24) is 9.80 Å². The first kappa shape index (κ1) is 23.6. The van der Waals surface area contributed by atoms with Gasteiger partial charge in [0.05, 0.1) is 6.61 Å². The summed E-state index contributed by atoms with van der Waals surface area (Å²) in [6, 6.07) is 14.4. The van der Waals surface area contributed by atoms with E-state index in [-0.39, 0.29) is 5.91 Å². The molecule has 5 heteroatoms. The van der Waals surface area contributed by atoms with Crippen LogP contribution in [0.1, 0.15) is 47.7 Å². The molecule has 0 radical (unpaired) electrons. The molecule has 33 heavy (non-hydrogen) atoms. The Labute approximate surface area is 199 Å². The van der Waals surface area contributed by atoms with Crippen LogP contribution in [0.5, 0.6) is 5.75 Å². The van der Waals surface area contributed by atoms with Gasteiger partial charge < -0.3 is 19.4 Å². The van der Waals surface area contributed by atoms with Crippen LogP contribution >= 0.6 is 0 Å². The van der Waals surface area contributed by atoms with E-state index in [1.54, 1.807) is 0 Å². The Morgan fingerprint density at radius 3 is 2.48 bits per heavy atom. The molecular weight excluding hydrogens is 410 g/mol. The topological polar surface area (TPSA) is 36.0 Å². The third-order valence-corrected chi connectivity index (χ3v) is 7.23. The van der Waals surface area contributed by atoms with Gasteiger partial charge in [0, 0.05) is 50.5 Å². The highest BCUT2D eigenvalue weighted by molar-refractivity contribution is 5.96. The molecule has 1 amide bonds. The molecule has 1 atom stereocenters. The zero-order chi connectivity index (χ0) is 23.2. The van der Waals surface area contributed by atoms with Gasteiger partial charge in [-0.15, -0.1) is 0 Å². The van der Waals surface area contributed by atoms with Gasteiger partial charge in [-0.05, 0) is 87.0 Å². The van der Waals surface area contributed by atoms with E-state index in [0.29, 0.717) is 0 Å². The smallest absolute Gasteiger partial charge is 0.254 e. The molecule has 1 unspecified atom stereocenters. The van der Waals surface area contributed by atoms with Gasteiger partial charge in [0.2, 0.25) is 0 Å². The minimum atomic E-state index is 0.151. The van der Waals surface area contributed by atoms with Crippen molar-refractivity contribution in [1.29, 1.82) is 0 Å².